The average molecular weight is 309 g/mol. The molecule has 0 radical (unpaired) electrons. The largest absolute Gasteiger partial charge is 0.444 e. The van der Waals surface area contributed by atoms with E-state index in [1.165, 1.54) is 12.8 Å². The van der Waals surface area contributed by atoms with Crippen molar-refractivity contribution >= 4 is 6.09 Å². The summed E-state index contributed by atoms with van der Waals surface area (Å²) in [6, 6.07) is 0. The second-order valence-corrected chi connectivity index (χ2v) is 6.78. The van der Waals surface area contributed by atoms with Crippen LogP contribution >= 0.6 is 0 Å². The second-order valence-electron chi connectivity index (χ2n) is 6.78. The number of ether oxygens (including phenoxy) is 2. The summed E-state index contributed by atoms with van der Waals surface area (Å²) in [5.74, 6) is 0.792. The third-order valence-corrected chi connectivity index (χ3v) is 3.37. The van der Waals surface area contributed by atoms with Gasteiger partial charge in [-0.15, -0.1) is 0 Å². The topological polar surface area (TPSA) is 65.4 Å². The molecular formula is C16H27N3O3. The van der Waals surface area contributed by atoms with Crippen LogP contribution in [0.25, 0.3) is 0 Å². The first-order valence-corrected chi connectivity index (χ1v) is 7.97. The highest BCUT2D eigenvalue weighted by Crippen LogP contribution is 2.28. The summed E-state index contributed by atoms with van der Waals surface area (Å²) < 4.78 is 12.9. The molecule has 1 aromatic rings. The van der Waals surface area contributed by atoms with E-state index in [1.54, 1.807) is 0 Å². The number of imidazole rings is 1. The van der Waals surface area contributed by atoms with Crippen molar-refractivity contribution in [3.05, 3.63) is 18.2 Å². The van der Waals surface area contributed by atoms with Gasteiger partial charge in [-0.3, -0.25) is 0 Å². The lowest BCUT2D eigenvalue weighted by Crippen LogP contribution is -2.33. The molecule has 1 fully saturated rings. The van der Waals surface area contributed by atoms with E-state index in [2.05, 4.69) is 14.9 Å². The summed E-state index contributed by atoms with van der Waals surface area (Å²) in [4.78, 5) is 15.7. The maximum absolute atomic E-state index is 11.6. The van der Waals surface area contributed by atoms with Crippen molar-refractivity contribution in [3.8, 4) is 0 Å². The fourth-order valence-electron chi connectivity index (χ4n) is 2.06. The van der Waals surface area contributed by atoms with Gasteiger partial charge in [0.25, 0.3) is 0 Å². The molecule has 0 bridgehead atoms. The average Bonchev–Trinajstić information content (AvgIpc) is 3.13. The summed E-state index contributed by atoms with van der Waals surface area (Å²) in [6.07, 6.45) is 6.61. The number of nitrogens with zero attached hydrogens (tertiary/aromatic N) is 2. The Labute approximate surface area is 132 Å². The van der Waals surface area contributed by atoms with Crippen molar-refractivity contribution in [2.75, 3.05) is 19.8 Å². The first-order valence-electron chi connectivity index (χ1n) is 7.97. The summed E-state index contributed by atoms with van der Waals surface area (Å²) in [5.41, 5.74) is 0.621. The number of amides is 1. The number of nitrogens with one attached hydrogen (secondary N) is 1. The van der Waals surface area contributed by atoms with Crippen LogP contribution in [-0.4, -0.2) is 41.0 Å². The van der Waals surface area contributed by atoms with Crippen LogP contribution in [0.3, 0.4) is 0 Å². The molecular weight excluding hydrogens is 282 g/mol. The van der Waals surface area contributed by atoms with Gasteiger partial charge in [0.15, 0.2) is 0 Å². The van der Waals surface area contributed by atoms with Gasteiger partial charge in [0.1, 0.15) is 5.60 Å². The molecule has 6 heteroatoms. The number of hydrogen-bond donors (Lipinski definition) is 1. The molecule has 0 aliphatic heterocycles. The Bertz CT molecular complexity index is 475. The van der Waals surface area contributed by atoms with Crippen LogP contribution in [0.2, 0.25) is 0 Å². The Morgan fingerprint density at radius 2 is 2.23 bits per heavy atom. The first kappa shape index (κ1) is 16.8. The van der Waals surface area contributed by atoms with E-state index in [1.807, 2.05) is 33.3 Å². The molecule has 1 aromatic heterocycles. The highest BCUT2D eigenvalue weighted by Gasteiger charge is 2.21. The van der Waals surface area contributed by atoms with Gasteiger partial charge in [0.2, 0.25) is 0 Å². The van der Waals surface area contributed by atoms with Gasteiger partial charge in [0, 0.05) is 38.0 Å². The summed E-state index contributed by atoms with van der Waals surface area (Å²) >= 11 is 0. The van der Waals surface area contributed by atoms with E-state index in [4.69, 9.17) is 9.47 Å². The minimum absolute atomic E-state index is 0.383. The Balaban J connectivity index is 1.64. The lowest BCUT2D eigenvalue weighted by molar-refractivity contribution is 0.0528. The zero-order valence-corrected chi connectivity index (χ0v) is 13.8. The predicted molar refractivity (Wildman–Crippen MR) is 83.7 cm³/mol. The molecule has 0 atom stereocenters. The van der Waals surface area contributed by atoms with E-state index >= 15 is 0 Å². The van der Waals surface area contributed by atoms with Crippen LogP contribution < -0.4 is 5.32 Å². The van der Waals surface area contributed by atoms with Crippen molar-refractivity contribution in [2.24, 2.45) is 5.92 Å². The number of carbonyl (C=O) groups is 1. The summed E-state index contributed by atoms with van der Waals surface area (Å²) in [7, 11) is 0. The Hall–Kier alpha value is -1.56. The molecule has 2 rings (SSSR count). The van der Waals surface area contributed by atoms with Gasteiger partial charge in [-0.1, -0.05) is 0 Å². The van der Waals surface area contributed by atoms with Gasteiger partial charge in [-0.25, -0.2) is 9.78 Å². The maximum atomic E-state index is 11.6. The Kier molecular flexibility index (Phi) is 5.83. The molecule has 1 amide bonds. The molecule has 1 N–H and O–H groups in total. The maximum Gasteiger partial charge on any atom is 0.407 e. The highest BCUT2D eigenvalue weighted by atomic mass is 16.6. The third kappa shape index (κ3) is 6.47. The van der Waals surface area contributed by atoms with E-state index in [0.717, 1.165) is 31.2 Å². The van der Waals surface area contributed by atoms with Crippen LogP contribution in [0, 0.1) is 5.92 Å². The quantitative estimate of drug-likeness (QED) is 0.749. The normalized spacial score (nSPS) is 14.9. The Morgan fingerprint density at radius 1 is 1.45 bits per heavy atom. The SMILES string of the molecule is CC(C)(C)OC(=O)NCCc1cncn1CCOCC1CC1. The van der Waals surface area contributed by atoms with E-state index in [0.29, 0.717) is 13.2 Å². The summed E-state index contributed by atoms with van der Waals surface area (Å²) in [6.45, 7) is 8.47. The minimum atomic E-state index is -0.468. The molecule has 124 valence electrons. The second kappa shape index (κ2) is 7.63. The Morgan fingerprint density at radius 3 is 2.91 bits per heavy atom. The molecule has 1 aliphatic carbocycles. The van der Waals surface area contributed by atoms with Crippen molar-refractivity contribution in [3.63, 3.8) is 0 Å². The van der Waals surface area contributed by atoms with Gasteiger partial charge in [-0.2, -0.15) is 0 Å². The van der Waals surface area contributed by atoms with E-state index in [-0.39, 0.29) is 6.09 Å². The highest BCUT2D eigenvalue weighted by molar-refractivity contribution is 5.67. The lowest BCUT2D eigenvalue weighted by Gasteiger charge is -2.19. The number of carbonyl (C=O) groups excluding carboxylic acids is 1. The lowest BCUT2D eigenvalue weighted by atomic mass is 10.2. The standard InChI is InChI=1S/C16H27N3O3/c1-16(2,3)22-15(20)18-7-6-14-10-17-12-19(14)8-9-21-11-13-4-5-13/h10,12-13H,4-9,11H2,1-3H3,(H,18,20). The predicted octanol–water partition coefficient (Wildman–Crippen LogP) is 2.38. The van der Waals surface area contributed by atoms with E-state index in [9.17, 15) is 4.79 Å². The van der Waals surface area contributed by atoms with Crippen LogP contribution in [0.5, 0.6) is 0 Å². The minimum Gasteiger partial charge on any atom is -0.444 e. The molecule has 0 spiro atoms. The monoisotopic (exact) mass is 309 g/mol. The molecule has 1 heterocycles. The number of rotatable bonds is 8. The molecule has 6 nitrogen and oxygen atoms in total. The van der Waals surface area contributed by atoms with Gasteiger partial charge in [0.05, 0.1) is 12.9 Å². The molecule has 1 saturated carbocycles. The molecule has 22 heavy (non-hydrogen) atoms. The number of aromatic nitrogens is 2. The summed E-state index contributed by atoms with van der Waals surface area (Å²) in [5, 5.41) is 2.76. The van der Waals surface area contributed by atoms with Gasteiger partial charge >= 0.3 is 6.09 Å². The molecule has 0 saturated heterocycles. The van der Waals surface area contributed by atoms with E-state index < -0.39 is 5.60 Å². The third-order valence-electron chi connectivity index (χ3n) is 3.37. The van der Waals surface area contributed by atoms with Crippen LogP contribution in [0.15, 0.2) is 12.5 Å². The molecule has 0 aromatic carbocycles. The zero-order chi connectivity index (χ0) is 16.0. The number of alkyl carbamates (subject to hydrolysis) is 1. The van der Waals surface area contributed by atoms with Crippen LogP contribution in [-0.2, 0) is 22.4 Å². The van der Waals surface area contributed by atoms with Crippen molar-refractivity contribution in [2.45, 2.75) is 52.2 Å². The fourth-order valence-corrected chi connectivity index (χ4v) is 2.06. The zero-order valence-electron chi connectivity index (χ0n) is 13.8. The first-order chi connectivity index (χ1) is 10.4. The fraction of sp³-hybridized carbons (Fsp3) is 0.750. The number of hydrogen-bond acceptors (Lipinski definition) is 4. The van der Waals surface area contributed by atoms with Crippen LogP contribution in [0.1, 0.15) is 39.3 Å². The van der Waals surface area contributed by atoms with Crippen molar-refractivity contribution in [1.29, 1.82) is 0 Å². The van der Waals surface area contributed by atoms with Crippen LogP contribution in [0.4, 0.5) is 4.79 Å². The van der Waals surface area contributed by atoms with Gasteiger partial charge < -0.3 is 19.4 Å². The van der Waals surface area contributed by atoms with Crippen molar-refractivity contribution < 1.29 is 14.3 Å². The smallest absolute Gasteiger partial charge is 0.407 e. The van der Waals surface area contributed by atoms with Crippen molar-refractivity contribution in [1.82, 2.24) is 14.9 Å². The molecule has 0 unspecified atom stereocenters. The molecule has 1 aliphatic rings. The van der Waals surface area contributed by atoms with Gasteiger partial charge in [-0.05, 0) is 39.5 Å².